The molecule has 1 aromatic carbocycles. The largest absolute Gasteiger partial charge is 0.399 e. The molecule has 2 rings (SSSR count). The SMILES string of the molecule is Nc1ccc(Cl)c(SCCN2CCCCC2)c1. The van der Waals surface area contributed by atoms with E-state index in [-0.39, 0.29) is 0 Å². The van der Waals surface area contributed by atoms with Crippen molar-refractivity contribution >= 4 is 29.1 Å². The summed E-state index contributed by atoms with van der Waals surface area (Å²) in [7, 11) is 0. The van der Waals surface area contributed by atoms with Gasteiger partial charge in [0.15, 0.2) is 0 Å². The van der Waals surface area contributed by atoms with E-state index in [1.165, 1.54) is 32.4 Å². The van der Waals surface area contributed by atoms with Gasteiger partial charge in [0.25, 0.3) is 0 Å². The third kappa shape index (κ3) is 4.09. The lowest BCUT2D eigenvalue weighted by Crippen LogP contribution is -2.31. The number of halogens is 1. The first kappa shape index (κ1) is 13.1. The highest BCUT2D eigenvalue weighted by Gasteiger charge is 2.10. The van der Waals surface area contributed by atoms with Crippen molar-refractivity contribution in [1.29, 1.82) is 0 Å². The average Bonchev–Trinajstić information content (AvgIpc) is 2.35. The summed E-state index contributed by atoms with van der Waals surface area (Å²) in [6, 6.07) is 5.68. The molecule has 0 amide bonds. The Morgan fingerprint density at radius 1 is 1.24 bits per heavy atom. The van der Waals surface area contributed by atoms with Crippen molar-refractivity contribution in [3.63, 3.8) is 0 Å². The van der Waals surface area contributed by atoms with Crippen LogP contribution < -0.4 is 5.73 Å². The Balaban J connectivity index is 1.79. The molecule has 0 radical (unpaired) electrons. The summed E-state index contributed by atoms with van der Waals surface area (Å²) in [5, 5.41) is 0.808. The van der Waals surface area contributed by atoms with E-state index in [0.717, 1.165) is 27.9 Å². The van der Waals surface area contributed by atoms with Crippen molar-refractivity contribution < 1.29 is 0 Å². The Bertz CT molecular complexity index is 364. The number of likely N-dealkylation sites (tertiary alicyclic amines) is 1. The fraction of sp³-hybridized carbons (Fsp3) is 0.538. The molecule has 0 aromatic heterocycles. The van der Waals surface area contributed by atoms with E-state index in [9.17, 15) is 0 Å². The molecule has 1 fully saturated rings. The van der Waals surface area contributed by atoms with E-state index < -0.39 is 0 Å². The van der Waals surface area contributed by atoms with E-state index >= 15 is 0 Å². The molecule has 0 atom stereocenters. The van der Waals surface area contributed by atoms with Gasteiger partial charge in [0.1, 0.15) is 0 Å². The fourth-order valence-electron chi connectivity index (χ4n) is 2.10. The van der Waals surface area contributed by atoms with Gasteiger partial charge in [-0.05, 0) is 44.1 Å². The van der Waals surface area contributed by atoms with E-state index in [4.69, 9.17) is 17.3 Å². The number of piperidine rings is 1. The Morgan fingerprint density at radius 3 is 2.76 bits per heavy atom. The third-order valence-electron chi connectivity index (χ3n) is 3.07. The first-order valence-electron chi connectivity index (χ1n) is 6.16. The van der Waals surface area contributed by atoms with Gasteiger partial charge < -0.3 is 10.6 Å². The lowest BCUT2D eigenvalue weighted by atomic mass is 10.1. The predicted molar refractivity (Wildman–Crippen MR) is 76.9 cm³/mol. The summed E-state index contributed by atoms with van der Waals surface area (Å²) >= 11 is 7.93. The Kier molecular flexibility index (Phi) is 5.01. The second-order valence-electron chi connectivity index (χ2n) is 4.44. The number of rotatable bonds is 4. The van der Waals surface area contributed by atoms with Crippen LogP contribution in [0.3, 0.4) is 0 Å². The zero-order valence-corrected chi connectivity index (χ0v) is 11.6. The van der Waals surface area contributed by atoms with Crippen molar-refractivity contribution in [1.82, 2.24) is 4.90 Å². The van der Waals surface area contributed by atoms with Crippen LogP contribution in [0.5, 0.6) is 0 Å². The molecule has 94 valence electrons. The topological polar surface area (TPSA) is 29.3 Å². The smallest absolute Gasteiger partial charge is 0.0543 e. The minimum absolute atomic E-state index is 0.787. The summed E-state index contributed by atoms with van der Waals surface area (Å²) in [6.07, 6.45) is 4.10. The van der Waals surface area contributed by atoms with E-state index in [0.29, 0.717) is 0 Å². The van der Waals surface area contributed by atoms with Gasteiger partial charge in [0, 0.05) is 22.9 Å². The first-order chi connectivity index (χ1) is 8.25. The van der Waals surface area contributed by atoms with Gasteiger partial charge >= 0.3 is 0 Å². The molecule has 2 N–H and O–H groups in total. The number of benzene rings is 1. The van der Waals surface area contributed by atoms with Crippen molar-refractivity contribution in [2.24, 2.45) is 0 Å². The zero-order chi connectivity index (χ0) is 12.1. The number of nitrogen functional groups attached to an aromatic ring is 1. The second kappa shape index (κ2) is 6.53. The molecule has 1 aliphatic heterocycles. The molecule has 17 heavy (non-hydrogen) atoms. The maximum absolute atomic E-state index is 6.13. The fourth-order valence-corrected chi connectivity index (χ4v) is 3.37. The number of nitrogens with two attached hydrogens (primary N) is 1. The van der Waals surface area contributed by atoms with Crippen LogP contribution in [0.1, 0.15) is 19.3 Å². The Morgan fingerprint density at radius 2 is 2.00 bits per heavy atom. The van der Waals surface area contributed by atoms with Crippen LogP contribution in [-0.2, 0) is 0 Å². The normalized spacial score (nSPS) is 17.2. The van der Waals surface area contributed by atoms with Crippen molar-refractivity contribution in [2.45, 2.75) is 24.2 Å². The van der Waals surface area contributed by atoms with E-state index in [2.05, 4.69) is 4.90 Å². The van der Waals surface area contributed by atoms with E-state index in [1.807, 2.05) is 18.2 Å². The molecule has 1 aliphatic rings. The molecule has 0 unspecified atom stereocenters. The van der Waals surface area contributed by atoms with Crippen LogP contribution in [0.15, 0.2) is 23.1 Å². The minimum Gasteiger partial charge on any atom is -0.399 e. The lowest BCUT2D eigenvalue weighted by molar-refractivity contribution is 0.242. The summed E-state index contributed by atoms with van der Waals surface area (Å²) in [5.41, 5.74) is 6.55. The zero-order valence-electron chi connectivity index (χ0n) is 9.99. The lowest BCUT2D eigenvalue weighted by Gasteiger charge is -2.26. The van der Waals surface area contributed by atoms with Gasteiger partial charge in [-0.15, -0.1) is 11.8 Å². The number of hydrogen-bond donors (Lipinski definition) is 1. The van der Waals surface area contributed by atoms with Crippen LogP contribution in [0.4, 0.5) is 5.69 Å². The number of hydrogen-bond acceptors (Lipinski definition) is 3. The molecule has 0 spiro atoms. The van der Waals surface area contributed by atoms with Gasteiger partial charge in [-0.25, -0.2) is 0 Å². The third-order valence-corrected chi connectivity index (χ3v) is 4.55. The van der Waals surface area contributed by atoms with Crippen LogP contribution in [-0.4, -0.2) is 30.3 Å². The van der Waals surface area contributed by atoms with Gasteiger partial charge in [-0.3, -0.25) is 0 Å². The van der Waals surface area contributed by atoms with Gasteiger partial charge in [-0.2, -0.15) is 0 Å². The molecule has 4 heteroatoms. The van der Waals surface area contributed by atoms with Gasteiger partial charge in [-0.1, -0.05) is 18.0 Å². The molecule has 1 heterocycles. The predicted octanol–water partition coefficient (Wildman–Crippen LogP) is 3.50. The van der Waals surface area contributed by atoms with Crippen molar-refractivity contribution in [3.05, 3.63) is 23.2 Å². The van der Waals surface area contributed by atoms with Crippen molar-refractivity contribution in [2.75, 3.05) is 31.1 Å². The van der Waals surface area contributed by atoms with Crippen LogP contribution in [0.2, 0.25) is 5.02 Å². The quantitative estimate of drug-likeness (QED) is 0.671. The summed E-state index contributed by atoms with van der Waals surface area (Å²) in [4.78, 5) is 3.64. The van der Waals surface area contributed by atoms with E-state index in [1.54, 1.807) is 11.8 Å². The monoisotopic (exact) mass is 270 g/mol. The highest BCUT2D eigenvalue weighted by atomic mass is 35.5. The molecule has 0 aliphatic carbocycles. The van der Waals surface area contributed by atoms with Crippen LogP contribution in [0.25, 0.3) is 0 Å². The molecular weight excluding hydrogens is 252 g/mol. The number of thioether (sulfide) groups is 1. The molecule has 0 saturated carbocycles. The average molecular weight is 271 g/mol. The molecular formula is C13H19ClN2S. The summed E-state index contributed by atoms with van der Waals surface area (Å²) in [5.74, 6) is 1.09. The molecule has 0 bridgehead atoms. The number of nitrogens with zero attached hydrogens (tertiary/aromatic N) is 1. The Hall–Kier alpha value is -0.380. The maximum atomic E-state index is 6.13. The molecule has 1 saturated heterocycles. The van der Waals surface area contributed by atoms with Crippen LogP contribution >= 0.6 is 23.4 Å². The summed E-state index contributed by atoms with van der Waals surface area (Å²) < 4.78 is 0. The maximum Gasteiger partial charge on any atom is 0.0543 e. The van der Waals surface area contributed by atoms with Gasteiger partial charge in [0.2, 0.25) is 0 Å². The molecule has 1 aromatic rings. The first-order valence-corrected chi connectivity index (χ1v) is 7.52. The van der Waals surface area contributed by atoms with Crippen LogP contribution in [0, 0.1) is 0 Å². The number of anilines is 1. The summed E-state index contributed by atoms with van der Waals surface area (Å²) in [6.45, 7) is 3.66. The second-order valence-corrected chi connectivity index (χ2v) is 5.98. The standard InChI is InChI=1S/C13H19ClN2S/c14-12-5-4-11(15)10-13(12)17-9-8-16-6-2-1-3-7-16/h4-5,10H,1-3,6-9,15H2. The van der Waals surface area contributed by atoms with Crippen molar-refractivity contribution in [3.8, 4) is 0 Å². The highest BCUT2D eigenvalue weighted by Crippen LogP contribution is 2.29. The minimum atomic E-state index is 0.787. The molecule has 2 nitrogen and oxygen atoms in total. The van der Waals surface area contributed by atoms with Gasteiger partial charge in [0.05, 0.1) is 5.02 Å². The highest BCUT2D eigenvalue weighted by molar-refractivity contribution is 7.99. The Labute approximate surface area is 113 Å².